The van der Waals surface area contributed by atoms with Gasteiger partial charge in [0.05, 0.1) is 0 Å². The molecule has 1 saturated carbocycles. The van der Waals surface area contributed by atoms with Gasteiger partial charge in [0, 0.05) is 24.8 Å². The van der Waals surface area contributed by atoms with Gasteiger partial charge in [0.1, 0.15) is 5.57 Å². The fraction of sp³-hybridized carbons (Fsp3) is 0.522. The van der Waals surface area contributed by atoms with Crippen molar-refractivity contribution in [3.8, 4) is 0 Å². The largest absolute Gasteiger partial charge is 0.371 e. The van der Waals surface area contributed by atoms with Gasteiger partial charge in [0.25, 0.3) is 11.8 Å². The van der Waals surface area contributed by atoms with Gasteiger partial charge in [0.15, 0.2) is 5.11 Å². The molecule has 3 heterocycles. The average molecular weight is 410 g/mol. The van der Waals surface area contributed by atoms with Crippen LogP contribution >= 0.6 is 12.2 Å². The highest BCUT2D eigenvalue weighted by Crippen LogP contribution is 2.36. The summed E-state index contributed by atoms with van der Waals surface area (Å²) < 4.78 is 0. The summed E-state index contributed by atoms with van der Waals surface area (Å²) in [4.78, 5) is 30.0. The molecule has 1 aromatic rings. The number of carbonyl (C=O) groups excluding carboxylic acids is 2. The zero-order valence-electron chi connectivity index (χ0n) is 16.7. The number of rotatable bonds is 2. The second-order valence-electron chi connectivity index (χ2n) is 8.67. The summed E-state index contributed by atoms with van der Waals surface area (Å²) in [5.74, 6) is -0.612. The minimum Gasteiger partial charge on any atom is -0.371 e. The fourth-order valence-electron chi connectivity index (χ4n) is 5.42. The Bertz CT molecular complexity index is 886. The van der Waals surface area contributed by atoms with Gasteiger partial charge in [-0.05, 0) is 85.6 Å². The standard InChI is InChI=1S/C23H27N3O2S/c27-21-19(22(28)26(23(29)24-21)18-8-2-1-3-9-18)14-15-12-16-6-4-10-25-11-5-7-17(13-15)20(16)25/h12-14,18H,1-11H2,(H,24,27,29). The third-order valence-electron chi connectivity index (χ3n) is 6.74. The van der Waals surface area contributed by atoms with Crippen LogP contribution in [0.5, 0.6) is 0 Å². The molecule has 6 heteroatoms. The SMILES string of the molecule is O=C1NC(=S)N(C2CCCCC2)C(=O)C1=Cc1cc2c3c(c1)CCCN3CCC2. The van der Waals surface area contributed by atoms with Gasteiger partial charge in [-0.15, -0.1) is 0 Å². The maximum Gasteiger partial charge on any atom is 0.265 e. The Morgan fingerprint density at radius 2 is 1.62 bits per heavy atom. The number of hydrogen-bond donors (Lipinski definition) is 1. The number of amides is 2. The molecule has 4 aliphatic rings. The molecule has 0 spiro atoms. The molecule has 5 nitrogen and oxygen atoms in total. The third kappa shape index (κ3) is 3.37. The number of thiocarbonyl (C=S) groups is 1. The zero-order valence-corrected chi connectivity index (χ0v) is 17.5. The van der Waals surface area contributed by atoms with E-state index in [1.165, 1.54) is 23.2 Å². The summed E-state index contributed by atoms with van der Waals surface area (Å²) in [6.45, 7) is 2.27. The third-order valence-corrected chi connectivity index (χ3v) is 7.04. The van der Waals surface area contributed by atoms with Crippen LogP contribution in [0.2, 0.25) is 0 Å². The van der Waals surface area contributed by atoms with Crippen molar-refractivity contribution in [3.05, 3.63) is 34.4 Å². The summed E-state index contributed by atoms with van der Waals surface area (Å²) in [6, 6.07) is 4.44. The quantitative estimate of drug-likeness (QED) is 0.462. The van der Waals surface area contributed by atoms with E-state index < -0.39 is 0 Å². The molecule has 1 saturated heterocycles. The number of benzene rings is 1. The molecule has 0 atom stereocenters. The Morgan fingerprint density at radius 1 is 0.966 bits per heavy atom. The molecule has 5 rings (SSSR count). The number of nitrogens with one attached hydrogen (secondary N) is 1. The van der Waals surface area contributed by atoms with Gasteiger partial charge in [-0.3, -0.25) is 19.8 Å². The van der Waals surface area contributed by atoms with Crippen LogP contribution in [0.25, 0.3) is 6.08 Å². The molecule has 3 aliphatic heterocycles. The van der Waals surface area contributed by atoms with Gasteiger partial charge in [-0.1, -0.05) is 19.3 Å². The van der Waals surface area contributed by atoms with Crippen LogP contribution in [-0.2, 0) is 22.4 Å². The van der Waals surface area contributed by atoms with Crippen LogP contribution < -0.4 is 10.2 Å². The summed E-state index contributed by atoms with van der Waals surface area (Å²) >= 11 is 5.36. The molecule has 0 bridgehead atoms. The van der Waals surface area contributed by atoms with Crippen molar-refractivity contribution in [2.75, 3.05) is 18.0 Å². The van der Waals surface area contributed by atoms with Crippen molar-refractivity contribution in [2.45, 2.75) is 63.8 Å². The first kappa shape index (κ1) is 18.8. The van der Waals surface area contributed by atoms with E-state index >= 15 is 0 Å². The zero-order chi connectivity index (χ0) is 20.0. The monoisotopic (exact) mass is 409 g/mol. The summed E-state index contributed by atoms with van der Waals surface area (Å²) in [5, 5.41) is 3.02. The van der Waals surface area contributed by atoms with Crippen LogP contribution in [0.15, 0.2) is 17.7 Å². The van der Waals surface area contributed by atoms with Crippen molar-refractivity contribution in [1.82, 2.24) is 10.2 Å². The molecule has 0 aromatic heterocycles. The molecule has 1 aliphatic carbocycles. The van der Waals surface area contributed by atoms with Crippen LogP contribution in [-0.4, -0.2) is 41.0 Å². The normalized spacial score (nSPS) is 24.0. The van der Waals surface area contributed by atoms with E-state index in [4.69, 9.17) is 12.2 Å². The van der Waals surface area contributed by atoms with Crippen molar-refractivity contribution >= 4 is 40.9 Å². The van der Waals surface area contributed by atoms with E-state index in [-0.39, 0.29) is 28.5 Å². The molecule has 152 valence electrons. The van der Waals surface area contributed by atoms with E-state index in [9.17, 15) is 9.59 Å². The predicted octanol–water partition coefficient (Wildman–Crippen LogP) is 3.34. The first-order valence-corrected chi connectivity index (χ1v) is 11.3. The van der Waals surface area contributed by atoms with Crippen LogP contribution in [0.1, 0.15) is 61.6 Å². The first-order valence-electron chi connectivity index (χ1n) is 10.9. The van der Waals surface area contributed by atoms with E-state index in [0.29, 0.717) is 0 Å². The minimum atomic E-state index is -0.375. The Labute approximate surface area is 177 Å². The Hall–Kier alpha value is -2.21. The maximum absolute atomic E-state index is 13.3. The lowest BCUT2D eigenvalue weighted by Crippen LogP contribution is -2.57. The second-order valence-corrected chi connectivity index (χ2v) is 9.05. The van der Waals surface area contributed by atoms with Gasteiger partial charge in [0.2, 0.25) is 0 Å². The van der Waals surface area contributed by atoms with Gasteiger partial charge in [-0.25, -0.2) is 0 Å². The van der Waals surface area contributed by atoms with Crippen LogP contribution in [0.3, 0.4) is 0 Å². The molecule has 0 radical (unpaired) electrons. The molecule has 1 N–H and O–H groups in total. The molecule has 29 heavy (non-hydrogen) atoms. The van der Waals surface area contributed by atoms with Crippen LogP contribution in [0.4, 0.5) is 5.69 Å². The van der Waals surface area contributed by atoms with Gasteiger partial charge in [-0.2, -0.15) is 0 Å². The number of nitrogens with zero attached hydrogens (tertiary/aromatic N) is 2. The van der Waals surface area contributed by atoms with E-state index in [1.54, 1.807) is 11.0 Å². The van der Waals surface area contributed by atoms with E-state index in [1.807, 2.05) is 0 Å². The number of aryl methyl sites for hydroxylation is 2. The number of anilines is 1. The average Bonchev–Trinajstić information content (AvgIpc) is 2.72. The molecule has 1 aromatic carbocycles. The van der Waals surface area contributed by atoms with Crippen LogP contribution in [0, 0.1) is 0 Å². The smallest absolute Gasteiger partial charge is 0.265 e. The van der Waals surface area contributed by atoms with E-state index in [0.717, 1.165) is 70.0 Å². The molecular formula is C23H27N3O2S. The van der Waals surface area contributed by atoms with Crippen molar-refractivity contribution in [1.29, 1.82) is 0 Å². The Balaban J connectivity index is 1.50. The summed E-state index contributed by atoms with van der Waals surface area (Å²) in [5.41, 5.74) is 5.26. The lowest BCUT2D eigenvalue weighted by Gasteiger charge is -2.38. The van der Waals surface area contributed by atoms with Gasteiger partial charge >= 0.3 is 0 Å². The first-order chi connectivity index (χ1) is 14.1. The minimum absolute atomic E-state index is 0.103. The summed E-state index contributed by atoms with van der Waals surface area (Å²) in [6.07, 6.45) is 11.5. The topological polar surface area (TPSA) is 52.7 Å². The summed E-state index contributed by atoms with van der Waals surface area (Å²) in [7, 11) is 0. The predicted molar refractivity (Wildman–Crippen MR) is 118 cm³/mol. The second kappa shape index (κ2) is 7.56. The molecule has 2 fully saturated rings. The highest BCUT2D eigenvalue weighted by atomic mass is 32.1. The van der Waals surface area contributed by atoms with Gasteiger partial charge < -0.3 is 4.90 Å². The number of hydrogen-bond acceptors (Lipinski definition) is 4. The fourth-order valence-corrected chi connectivity index (χ4v) is 5.75. The lowest BCUT2D eigenvalue weighted by atomic mass is 9.89. The highest BCUT2D eigenvalue weighted by Gasteiger charge is 2.38. The van der Waals surface area contributed by atoms with Crippen molar-refractivity contribution in [2.24, 2.45) is 0 Å². The lowest BCUT2D eigenvalue weighted by molar-refractivity contribution is -0.130. The molecule has 2 amide bonds. The Morgan fingerprint density at radius 3 is 2.28 bits per heavy atom. The van der Waals surface area contributed by atoms with Crippen molar-refractivity contribution in [3.63, 3.8) is 0 Å². The van der Waals surface area contributed by atoms with Crippen molar-refractivity contribution < 1.29 is 9.59 Å². The Kier molecular flexibility index (Phi) is 4.90. The molecule has 0 unspecified atom stereocenters. The molecular weight excluding hydrogens is 382 g/mol. The number of carbonyl (C=O) groups is 2. The maximum atomic E-state index is 13.3. The highest BCUT2D eigenvalue weighted by molar-refractivity contribution is 7.80. The van der Waals surface area contributed by atoms with E-state index in [2.05, 4.69) is 22.3 Å².